The van der Waals surface area contributed by atoms with Crippen LogP contribution in [0.5, 0.6) is 5.75 Å². The Hall–Kier alpha value is -1.72. The van der Waals surface area contributed by atoms with Crippen LogP contribution in [-0.2, 0) is 15.9 Å². The molecule has 1 aromatic carbocycles. The molecule has 0 saturated heterocycles. The third-order valence-electron chi connectivity index (χ3n) is 1.87. The van der Waals surface area contributed by atoms with Crippen molar-refractivity contribution in [2.24, 2.45) is 0 Å². The normalized spacial score (nSPS) is 11.1. The van der Waals surface area contributed by atoms with Crippen molar-refractivity contribution in [2.75, 3.05) is 0 Å². The lowest BCUT2D eigenvalue weighted by atomic mass is 10.2. The van der Waals surface area contributed by atoms with E-state index in [4.69, 9.17) is 0 Å². The first kappa shape index (κ1) is 13.3. The molecular formula is C11H11F3O3. The average molecular weight is 248 g/mol. The highest BCUT2D eigenvalue weighted by Crippen LogP contribution is 2.35. The van der Waals surface area contributed by atoms with Gasteiger partial charge in [-0.05, 0) is 18.6 Å². The molecule has 0 saturated carbocycles. The summed E-state index contributed by atoms with van der Waals surface area (Å²) < 4.78 is 37.5. The molecule has 1 rings (SSSR count). The van der Waals surface area contributed by atoms with E-state index >= 15 is 0 Å². The highest BCUT2D eigenvalue weighted by molar-refractivity contribution is 5.68. The molecule has 3 nitrogen and oxygen atoms in total. The monoisotopic (exact) mass is 248 g/mol. The van der Waals surface area contributed by atoms with Gasteiger partial charge in [0.1, 0.15) is 5.56 Å². The van der Waals surface area contributed by atoms with Crippen LogP contribution >= 0.6 is 0 Å². The molecule has 6 heteroatoms. The molecule has 0 N–H and O–H groups in total. The summed E-state index contributed by atoms with van der Waals surface area (Å²) in [5.41, 5.74) is -0.982. The van der Waals surface area contributed by atoms with Crippen molar-refractivity contribution in [2.45, 2.75) is 25.9 Å². The summed E-state index contributed by atoms with van der Waals surface area (Å²) >= 11 is 0. The molecule has 0 fully saturated rings. The predicted octanol–water partition coefficient (Wildman–Crippen LogP) is 3.34. The van der Waals surface area contributed by atoms with Gasteiger partial charge in [-0.25, -0.2) is 4.79 Å². The van der Waals surface area contributed by atoms with Gasteiger partial charge < -0.3 is 0 Å². The molecular weight excluding hydrogens is 237 g/mol. The summed E-state index contributed by atoms with van der Waals surface area (Å²) in [5, 5.41) is 0. The van der Waals surface area contributed by atoms with Gasteiger partial charge in [-0.15, -0.1) is 0 Å². The van der Waals surface area contributed by atoms with Crippen LogP contribution in [0.15, 0.2) is 24.3 Å². The third kappa shape index (κ3) is 3.97. The van der Waals surface area contributed by atoms with Crippen molar-refractivity contribution in [3.05, 3.63) is 29.8 Å². The Morgan fingerprint density at radius 3 is 2.53 bits per heavy atom. The molecule has 0 unspecified atom stereocenters. The van der Waals surface area contributed by atoms with E-state index < -0.39 is 23.5 Å². The van der Waals surface area contributed by atoms with Crippen molar-refractivity contribution in [3.63, 3.8) is 0 Å². The lowest BCUT2D eigenvalue weighted by Gasteiger charge is -2.11. The molecule has 0 amide bonds. The minimum absolute atomic E-state index is 0.0915. The van der Waals surface area contributed by atoms with E-state index in [2.05, 4.69) is 9.78 Å². The summed E-state index contributed by atoms with van der Waals surface area (Å²) in [6.07, 6.45) is -3.93. The van der Waals surface area contributed by atoms with Crippen LogP contribution in [0.2, 0.25) is 0 Å². The standard InChI is InChI=1S/C11H11F3O3/c1-2-5-10(15)17-16-9-7-4-3-6-8(9)11(12,13)14/h3-4,6-7H,2,5H2,1H3. The fraction of sp³-hybridized carbons (Fsp3) is 0.364. The quantitative estimate of drug-likeness (QED) is 0.605. The summed E-state index contributed by atoms with van der Waals surface area (Å²) in [7, 11) is 0. The van der Waals surface area contributed by atoms with E-state index in [0.29, 0.717) is 6.42 Å². The zero-order valence-electron chi connectivity index (χ0n) is 9.08. The Morgan fingerprint density at radius 2 is 1.94 bits per heavy atom. The van der Waals surface area contributed by atoms with Crippen LogP contribution in [0, 0.1) is 0 Å². The first-order valence-corrected chi connectivity index (χ1v) is 4.98. The maximum absolute atomic E-state index is 12.5. The molecule has 94 valence electrons. The summed E-state index contributed by atoms with van der Waals surface area (Å²) in [6, 6.07) is 4.52. The van der Waals surface area contributed by atoms with Crippen molar-refractivity contribution >= 4 is 5.97 Å². The van der Waals surface area contributed by atoms with Crippen LogP contribution < -0.4 is 4.89 Å². The molecule has 17 heavy (non-hydrogen) atoms. The highest BCUT2D eigenvalue weighted by atomic mass is 19.4. The number of hydrogen-bond acceptors (Lipinski definition) is 3. The number of benzene rings is 1. The lowest BCUT2D eigenvalue weighted by Crippen LogP contribution is -2.12. The SMILES string of the molecule is CCCC(=O)OOc1ccccc1C(F)(F)F. The van der Waals surface area contributed by atoms with Crippen molar-refractivity contribution in [1.82, 2.24) is 0 Å². The number of halogens is 3. The molecule has 0 aliphatic carbocycles. The molecule has 0 aliphatic heterocycles. The van der Waals surface area contributed by atoms with Crippen LogP contribution in [0.25, 0.3) is 0 Å². The number of alkyl halides is 3. The van der Waals surface area contributed by atoms with Crippen molar-refractivity contribution in [3.8, 4) is 5.75 Å². The van der Waals surface area contributed by atoms with E-state index in [9.17, 15) is 18.0 Å². The van der Waals surface area contributed by atoms with Crippen LogP contribution in [-0.4, -0.2) is 5.97 Å². The topological polar surface area (TPSA) is 35.5 Å². The van der Waals surface area contributed by atoms with E-state index in [0.717, 1.165) is 12.1 Å². The summed E-state index contributed by atoms with van der Waals surface area (Å²) in [6.45, 7) is 1.74. The molecule has 0 spiro atoms. The smallest absolute Gasteiger partial charge is 0.286 e. The average Bonchev–Trinajstić information content (AvgIpc) is 2.26. The van der Waals surface area contributed by atoms with Gasteiger partial charge in [0.2, 0.25) is 0 Å². The Labute approximate surface area is 96.1 Å². The zero-order valence-corrected chi connectivity index (χ0v) is 9.08. The largest absolute Gasteiger partial charge is 0.420 e. The van der Waals surface area contributed by atoms with Gasteiger partial charge in [-0.3, -0.25) is 9.78 Å². The number of para-hydroxylation sites is 1. The van der Waals surface area contributed by atoms with E-state index in [-0.39, 0.29) is 6.42 Å². The summed E-state index contributed by atoms with van der Waals surface area (Å²) in [5.74, 6) is -1.23. The maximum Gasteiger partial charge on any atom is 0.420 e. The zero-order chi connectivity index (χ0) is 12.9. The molecule has 0 aliphatic rings. The number of carbonyl (C=O) groups is 1. The van der Waals surface area contributed by atoms with Gasteiger partial charge >= 0.3 is 12.1 Å². The summed E-state index contributed by atoms with van der Waals surface area (Å²) in [4.78, 5) is 19.6. The molecule has 0 bridgehead atoms. The van der Waals surface area contributed by atoms with Crippen LogP contribution in [0.3, 0.4) is 0 Å². The van der Waals surface area contributed by atoms with Gasteiger partial charge in [0.15, 0.2) is 5.75 Å². The van der Waals surface area contributed by atoms with E-state index in [1.54, 1.807) is 6.92 Å². The number of rotatable bonds is 4. The predicted molar refractivity (Wildman–Crippen MR) is 53.1 cm³/mol. The maximum atomic E-state index is 12.5. The molecule has 0 aromatic heterocycles. The Kier molecular flexibility index (Phi) is 4.37. The molecule has 1 aromatic rings. The second-order valence-corrected chi connectivity index (χ2v) is 3.28. The van der Waals surface area contributed by atoms with Gasteiger partial charge in [-0.1, -0.05) is 19.1 Å². The Balaban J connectivity index is 2.74. The number of carbonyl (C=O) groups excluding carboxylic acids is 1. The first-order valence-electron chi connectivity index (χ1n) is 4.98. The van der Waals surface area contributed by atoms with Crippen molar-refractivity contribution < 1.29 is 27.7 Å². The van der Waals surface area contributed by atoms with Crippen LogP contribution in [0.1, 0.15) is 25.3 Å². The molecule has 0 atom stereocenters. The van der Waals surface area contributed by atoms with E-state index in [1.165, 1.54) is 12.1 Å². The first-order chi connectivity index (χ1) is 7.95. The second-order valence-electron chi connectivity index (χ2n) is 3.28. The van der Waals surface area contributed by atoms with Gasteiger partial charge in [0.25, 0.3) is 0 Å². The van der Waals surface area contributed by atoms with Gasteiger partial charge in [0.05, 0.1) is 0 Å². The van der Waals surface area contributed by atoms with Gasteiger partial charge in [0, 0.05) is 6.42 Å². The second kappa shape index (κ2) is 5.56. The fourth-order valence-electron chi connectivity index (χ4n) is 1.11. The van der Waals surface area contributed by atoms with Crippen LogP contribution in [0.4, 0.5) is 13.2 Å². The van der Waals surface area contributed by atoms with Crippen molar-refractivity contribution in [1.29, 1.82) is 0 Å². The van der Waals surface area contributed by atoms with Gasteiger partial charge in [-0.2, -0.15) is 13.2 Å². The molecule has 0 radical (unpaired) electrons. The number of hydrogen-bond donors (Lipinski definition) is 0. The minimum Gasteiger partial charge on any atom is -0.286 e. The Bertz CT molecular complexity index is 388. The fourth-order valence-corrected chi connectivity index (χ4v) is 1.11. The molecule has 0 heterocycles. The lowest BCUT2D eigenvalue weighted by molar-refractivity contribution is -0.217. The van der Waals surface area contributed by atoms with E-state index in [1.807, 2.05) is 0 Å². The minimum atomic E-state index is -4.55. The third-order valence-corrected chi connectivity index (χ3v) is 1.87. The Morgan fingerprint density at radius 1 is 1.29 bits per heavy atom. The highest BCUT2D eigenvalue weighted by Gasteiger charge is 2.34.